The molecule has 1 atom stereocenters. The van der Waals surface area contributed by atoms with Crippen molar-refractivity contribution in [3.8, 4) is 5.75 Å². The summed E-state index contributed by atoms with van der Waals surface area (Å²) in [6.07, 6.45) is 0.733. The van der Waals surface area contributed by atoms with Gasteiger partial charge >= 0.3 is 0 Å². The summed E-state index contributed by atoms with van der Waals surface area (Å²) in [6.45, 7) is 0.224. The highest BCUT2D eigenvalue weighted by Gasteiger charge is 2.25. The van der Waals surface area contributed by atoms with Gasteiger partial charge in [-0.3, -0.25) is 14.9 Å². The van der Waals surface area contributed by atoms with Crippen molar-refractivity contribution in [2.24, 2.45) is 0 Å². The average Bonchev–Trinajstić information content (AvgIpc) is 2.39. The number of nitrogens with one attached hydrogen (secondary N) is 2. The van der Waals surface area contributed by atoms with Gasteiger partial charge in [-0.15, -0.1) is 0 Å². The Balaban J connectivity index is 1.95. The molecule has 1 aliphatic rings. The lowest BCUT2D eigenvalue weighted by Gasteiger charge is -2.22. The smallest absolute Gasteiger partial charge is 0.243 e. The van der Waals surface area contributed by atoms with Gasteiger partial charge in [-0.2, -0.15) is 0 Å². The van der Waals surface area contributed by atoms with E-state index >= 15 is 0 Å². The number of ether oxygens (including phenoxy) is 1. The number of amides is 2. The van der Waals surface area contributed by atoms with E-state index in [1.54, 1.807) is 12.1 Å². The van der Waals surface area contributed by atoms with Crippen molar-refractivity contribution in [1.82, 2.24) is 10.6 Å². The predicted octanol–water partition coefficient (Wildman–Crippen LogP) is 0.729. The zero-order valence-corrected chi connectivity index (χ0v) is 10.5. The second kappa shape index (κ2) is 5.79. The summed E-state index contributed by atoms with van der Waals surface area (Å²) in [5.41, 5.74) is 0.450. The monoisotopic (exact) mass is 266 g/mol. The average molecular weight is 266 g/mol. The Morgan fingerprint density at radius 1 is 1.47 bits per heavy atom. The summed E-state index contributed by atoms with van der Waals surface area (Å²) in [6, 6.07) is 4.10. The summed E-state index contributed by atoms with van der Waals surface area (Å²) in [4.78, 5) is 22.5. The van der Waals surface area contributed by atoms with Gasteiger partial charge in [0.2, 0.25) is 11.8 Å². The molecule has 1 fully saturated rings. The molecular formula is C13H15FN2O3. The molecule has 19 heavy (non-hydrogen) atoms. The molecule has 2 N–H and O–H groups in total. The van der Waals surface area contributed by atoms with E-state index in [0.717, 1.165) is 0 Å². The van der Waals surface area contributed by atoms with Crippen LogP contribution in [0.25, 0.3) is 0 Å². The Morgan fingerprint density at radius 3 is 2.89 bits per heavy atom. The zero-order chi connectivity index (χ0) is 13.8. The van der Waals surface area contributed by atoms with Crippen LogP contribution < -0.4 is 15.4 Å². The van der Waals surface area contributed by atoms with Gasteiger partial charge in [0.1, 0.15) is 11.6 Å². The van der Waals surface area contributed by atoms with Crippen molar-refractivity contribution in [2.75, 3.05) is 7.11 Å². The van der Waals surface area contributed by atoms with Crippen molar-refractivity contribution in [3.63, 3.8) is 0 Å². The third-order valence-electron chi connectivity index (χ3n) is 3.04. The molecule has 1 saturated heterocycles. The third kappa shape index (κ3) is 3.29. The predicted molar refractivity (Wildman–Crippen MR) is 66.0 cm³/mol. The van der Waals surface area contributed by atoms with Crippen molar-refractivity contribution < 1.29 is 18.7 Å². The molecule has 0 radical (unpaired) electrons. The molecule has 5 nitrogen and oxygen atoms in total. The minimum absolute atomic E-state index is 0.224. The molecule has 1 heterocycles. The molecule has 1 aliphatic heterocycles. The lowest BCUT2D eigenvalue weighted by molar-refractivity contribution is -0.134. The molecule has 2 rings (SSSR count). The van der Waals surface area contributed by atoms with E-state index < -0.39 is 6.04 Å². The molecule has 0 aliphatic carbocycles. The number of carbonyl (C=O) groups is 2. The molecule has 2 amide bonds. The lowest BCUT2D eigenvalue weighted by atomic mass is 10.1. The van der Waals surface area contributed by atoms with E-state index in [2.05, 4.69) is 10.6 Å². The minimum atomic E-state index is -0.459. The zero-order valence-electron chi connectivity index (χ0n) is 10.5. The summed E-state index contributed by atoms with van der Waals surface area (Å²) >= 11 is 0. The fourth-order valence-corrected chi connectivity index (χ4v) is 1.92. The van der Waals surface area contributed by atoms with Gasteiger partial charge < -0.3 is 10.1 Å². The second-order valence-corrected chi connectivity index (χ2v) is 4.34. The van der Waals surface area contributed by atoms with Gasteiger partial charge in [-0.25, -0.2) is 4.39 Å². The number of piperidine rings is 1. The van der Waals surface area contributed by atoms with E-state index in [1.165, 1.54) is 13.2 Å². The van der Waals surface area contributed by atoms with Crippen LogP contribution in [0.1, 0.15) is 18.4 Å². The topological polar surface area (TPSA) is 67.4 Å². The van der Waals surface area contributed by atoms with Crippen LogP contribution in [-0.2, 0) is 16.1 Å². The first kappa shape index (κ1) is 13.5. The molecular weight excluding hydrogens is 251 g/mol. The van der Waals surface area contributed by atoms with Crippen LogP contribution in [0.15, 0.2) is 18.2 Å². The van der Waals surface area contributed by atoms with Gasteiger partial charge in [0.25, 0.3) is 0 Å². The van der Waals surface area contributed by atoms with Crippen LogP contribution in [0.2, 0.25) is 0 Å². The molecule has 6 heteroatoms. The number of carbonyl (C=O) groups excluding carboxylic acids is 2. The Kier molecular flexibility index (Phi) is 4.11. The molecule has 0 aromatic heterocycles. The third-order valence-corrected chi connectivity index (χ3v) is 3.04. The molecule has 0 saturated carbocycles. The number of hydrogen-bond donors (Lipinski definition) is 2. The first-order valence-electron chi connectivity index (χ1n) is 5.99. The number of imide groups is 1. The second-order valence-electron chi connectivity index (χ2n) is 4.34. The van der Waals surface area contributed by atoms with E-state index in [4.69, 9.17) is 4.74 Å². The Labute approximate surface area is 110 Å². The number of rotatable bonds is 4. The quantitative estimate of drug-likeness (QED) is 0.788. The maximum absolute atomic E-state index is 13.7. The van der Waals surface area contributed by atoms with Crippen LogP contribution in [0.5, 0.6) is 5.75 Å². The van der Waals surface area contributed by atoms with Crippen LogP contribution in [0.3, 0.4) is 0 Å². The van der Waals surface area contributed by atoms with E-state index in [9.17, 15) is 14.0 Å². The lowest BCUT2D eigenvalue weighted by Crippen LogP contribution is -2.50. The summed E-state index contributed by atoms with van der Waals surface area (Å²) in [7, 11) is 1.47. The fraction of sp³-hybridized carbons (Fsp3) is 0.385. The Bertz CT molecular complexity index is 505. The van der Waals surface area contributed by atoms with Gasteiger partial charge in [0, 0.05) is 24.6 Å². The highest BCUT2D eigenvalue weighted by molar-refractivity contribution is 6.00. The summed E-state index contributed by atoms with van der Waals surface area (Å²) in [5, 5.41) is 5.19. The van der Waals surface area contributed by atoms with Crippen LogP contribution in [-0.4, -0.2) is 25.0 Å². The SMILES string of the molecule is COc1ccc(CNC2CCC(=O)NC2=O)c(F)c1. The first-order valence-corrected chi connectivity index (χ1v) is 5.99. The maximum atomic E-state index is 13.7. The summed E-state index contributed by atoms with van der Waals surface area (Å²) < 4.78 is 18.6. The number of hydrogen-bond acceptors (Lipinski definition) is 4. The van der Waals surface area contributed by atoms with E-state index in [1.807, 2.05) is 0 Å². The molecule has 1 aromatic rings. The van der Waals surface area contributed by atoms with Gasteiger partial charge in [-0.1, -0.05) is 6.07 Å². The molecule has 0 spiro atoms. The van der Waals surface area contributed by atoms with E-state index in [-0.39, 0.29) is 24.2 Å². The van der Waals surface area contributed by atoms with Gasteiger partial charge in [-0.05, 0) is 12.5 Å². The highest BCUT2D eigenvalue weighted by Crippen LogP contribution is 2.16. The highest BCUT2D eigenvalue weighted by atomic mass is 19.1. The summed E-state index contributed by atoms with van der Waals surface area (Å²) in [5.74, 6) is -0.565. The molecule has 1 aromatic carbocycles. The van der Waals surface area contributed by atoms with Crippen molar-refractivity contribution in [3.05, 3.63) is 29.6 Å². The number of halogens is 1. The van der Waals surface area contributed by atoms with Gasteiger partial charge in [0.15, 0.2) is 0 Å². The standard InChI is InChI=1S/C13H15FN2O3/c1-19-9-3-2-8(10(14)6-9)7-15-11-4-5-12(17)16-13(11)18/h2-3,6,11,15H,4-5,7H2,1H3,(H,16,17,18). The van der Waals surface area contributed by atoms with Gasteiger partial charge in [0.05, 0.1) is 13.2 Å². The molecule has 1 unspecified atom stereocenters. The van der Waals surface area contributed by atoms with Crippen LogP contribution in [0, 0.1) is 5.82 Å². The Morgan fingerprint density at radius 2 is 2.26 bits per heavy atom. The molecule has 0 bridgehead atoms. The number of methoxy groups -OCH3 is 1. The van der Waals surface area contributed by atoms with Crippen LogP contribution in [0.4, 0.5) is 4.39 Å². The first-order chi connectivity index (χ1) is 9.10. The van der Waals surface area contributed by atoms with Crippen molar-refractivity contribution >= 4 is 11.8 Å². The molecule has 102 valence electrons. The number of benzene rings is 1. The van der Waals surface area contributed by atoms with Crippen LogP contribution >= 0.6 is 0 Å². The maximum Gasteiger partial charge on any atom is 0.243 e. The Hall–Kier alpha value is -1.95. The largest absolute Gasteiger partial charge is 0.497 e. The van der Waals surface area contributed by atoms with Crippen molar-refractivity contribution in [2.45, 2.75) is 25.4 Å². The minimum Gasteiger partial charge on any atom is -0.497 e. The van der Waals surface area contributed by atoms with Crippen molar-refractivity contribution in [1.29, 1.82) is 0 Å². The van der Waals surface area contributed by atoms with E-state index in [0.29, 0.717) is 24.2 Å². The normalized spacial score (nSPS) is 19.2. The fourth-order valence-electron chi connectivity index (χ4n) is 1.92.